The molecule has 0 amide bonds. The Kier molecular flexibility index (Phi) is 4.31. The number of ether oxygens (including phenoxy) is 1. The van der Waals surface area contributed by atoms with Crippen LogP contribution >= 0.6 is 11.8 Å². The van der Waals surface area contributed by atoms with Crippen molar-refractivity contribution in [2.24, 2.45) is 0 Å². The van der Waals surface area contributed by atoms with Gasteiger partial charge < -0.3 is 10.6 Å². The van der Waals surface area contributed by atoms with Gasteiger partial charge in [-0.1, -0.05) is 37.7 Å². The van der Waals surface area contributed by atoms with Gasteiger partial charge in [-0.25, -0.2) is 4.68 Å². The van der Waals surface area contributed by atoms with E-state index in [1.54, 1.807) is 0 Å². The molecule has 19 heavy (non-hydrogen) atoms. The molecular formula is C13H18N4OS. The predicted molar refractivity (Wildman–Crippen MR) is 76.8 cm³/mol. The second-order valence-electron chi connectivity index (χ2n) is 4.49. The molecule has 2 rings (SSSR count). The normalized spacial score (nSPS) is 10.9. The van der Waals surface area contributed by atoms with Crippen molar-refractivity contribution in [3.63, 3.8) is 0 Å². The van der Waals surface area contributed by atoms with Crippen LogP contribution in [0.3, 0.4) is 0 Å². The molecular weight excluding hydrogens is 260 g/mol. The average molecular weight is 278 g/mol. The molecule has 1 heterocycles. The van der Waals surface area contributed by atoms with Crippen LogP contribution in [0.25, 0.3) is 0 Å². The summed E-state index contributed by atoms with van der Waals surface area (Å²) in [6.07, 6.45) is 1.91. The monoisotopic (exact) mass is 278 g/mol. The lowest BCUT2D eigenvalue weighted by Gasteiger charge is -2.08. The zero-order valence-corrected chi connectivity index (χ0v) is 12.1. The van der Waals surface area contributed by atoms with Crippen LogP contribution in [0.4, 0.5) is 0 Å². The Morgan fingerprint density at radius 2 is 1.95 bits per heavy atom. The van der Waals surface area contributed by atoms with Crippen LogP contribution in [0.15, 0.2) is 29.4 Å². The van der Waals surface area contributed by atoms with Gasteiger partial charge in [-0.05, 0) is 29.9 Å². The van der Waals surface area contributed by atoms with Gasteiger partial charge in [0.1, 0.15) is 12.4 Å². The second kappa shape index (κ2) is 5.97. The standard InChI is InChI=1S/C13H18N4OS/c1-9(2)10-4-6-11(7-5-10)18-8-12-15-16-13(19-3)17(12)14/h4-7,9H,8,14H2,1-3H3. The van der Waals surface area contributed by atoms with E-state index >= 15 is 0 Å². The van der Waals surface area contributed by atoms with Crippen LogP contribution < -0.4 is 10.6 Å². The fourth-order valence-corrected chi connectivity index (χ4v) is 2.07. The number of hydrogen-bond acceptors (Lipinski definition) is 5. The molecule has 5 nitrogen and oxygen atoms in total. The van der Waals surface area contributed by atoms with Gasteiger partial charge in [0.25, 0.3) is 0 Å². The van der Waals surface area contributed by atoms with Crippen molar-refractivity contribution in [1.29, 1.82) is 0 Å². The molecule has 1 aromatic carbocycles. The number of rotatable bonds is 5. The third kappa shape index (κ3) is 3.20. The lowest BCUT2D eigenvalue weighted by atomic mass is 10.0. The Hall–Kier alpha value is -1.69. The van der Waals surface area contributed by atoms with Crippen LogP contribution in [-0.4, -0.2) is 21.1 Å². The zero-order chi connectivity index (χ0) is 13.8. The molecule has 0 unspecified atom stereocenters. The van der Waals surface area contributed by atoms with Crippen molar-refractivity contribution in [2.75, 3.05) is 12.1 Å². The molecule has 0 atom stereocenters. The molecule has 0 aliphatic carbocycles. The van der Waals surface area contributed by atoms with Crippen molar-refractivity contribution in [1.82, 2.24) is 14.9 Å². The number of nitrogens with zero attached hydrogens (tertiary/aromatic N) is 3. The molecule has 0 aliphatic rings. The fraction of sp³-hybridized carbons (Fsp3) is 0.385. The summed E-state index contributed by atoms with van der Waals surface area (Å²) >= 11 is 1.45. The first-order valence-corrected chi connectivity index (χ1v) is 7.30. The van der Waals surface area contributed by atoms with E-state index in [0.29, 0.717) is 23.5 Å². The topological polar surface area (TPSA) is 66.0 Å². The minimum absolute atomic E-state index is 0.311. The molecule has 2 aromatic rings. The molecule has 0 spiro atoms. The Morgan fingerprint density at radius 3 is 2.47 bits per heavy atom. The van der Waals surface area contributed by atoms with Gasteiger partial charge >= 0.3 is 0 Å². The number of nitrogen functional groups attached to an aromatic ring is 1. The van der Waals surface area contributed by atoms with Gasteiger partial charge in [0.15, 0.2) is 5.82 Å². The molecule has 0 saturated heterocycles. The SMILES string of the molecule is CSc1nnc(COc2ccc(C(C)C)cc2)n1N. The first-order chi connectivity index (χ1) is 9.11. The van der Waals surface area contributed by atoms with Crippen molar-refractivity contribution < 1.29 is 4.74 Å². The Bertz CT molecular complexity index is 536. The van der Waals surface area contributed by atoms with Gasteiger partial charge in [0.2, 0.25) is 5.16 Å². The molecule has 0 radical (unpaired) electrons. The maximum Gasteiger partial charge on any atom is 0.209 e. The van der Waals surface area contributed by atoms with E-state index in [-0.39, 0.29) is 0 Å². The maximum atomic E-state index is 5.83. The second-order valence-corrected chi connectivity index (χ2v) is 5.26. The van der Waals surface area contributed by atoms with E-state index in [1.165, 1.54) is 22.0 Å². The Morgan fingerprint density at radius 1 is 1.26 bits per heavy atom. The number of aromatic nitrogens is 3. The zero-order valence-electron chi connectivity index (χ0n) is 11.3. The van der Waals surface area contributed by atoms with Gasteiger partial charge in [0.05, 0.1) is 0 Å². The van der Waals surface area contributed by atoms with E-state index in [2.05, 4.69) is 36.2 Å². The Balaban J connectivity index is 2.00. The highest BCUT2D eigenvalue weighted by atomic mass is 32.2. The van der Waals surface area contributed by atoms with E-state index in [9.17, 15) is 0 Å². The molecule has 1 aromatic heterocycles. The lowest BCUT2D eigenvalue weighted by Crippen LogP contribution is -2.15. The highest BCUT2D eigenvalue weighted by molar-refractivity contribution is 7.98. The maximum absolute atomic E-state index is 5.83. The van der Waals surface area contributed by atoms with Crippen molar-refractivity contribution in [2.45, 2.75) is 31.5 Å². The predicted octanol–water partition coefficient (Wildman–Crippen LogP) is 2.42. The summed E-state index contributed by atoms with van der Waals surface area (Å²) in [7, 11) is 0. The number of hydrogen-bond donors (Lipinski definition) is 1. The summed E-state index contributed by atoms with van der Waals surface area (Å²) in [6.45, 7) is 4.64. The summed E-state index contributed by atoms with van der Waals surface area (Å²) in [6, 6.07) is 8.06. The molecule has 0 aliphatic heterocycles. The minimum atomic E-state index is 0.311. The number of thioether (sulfide) groups is 1. The van der Waals surface area contributed by atoms with Crippen LogP contribution in [0.5, 0.6) is 5.75 Å². The van der Waals surface area contributed by atoms with Crippen molar-refractivity contribution in [3.8, 4) is 5.75 Å². The summed E-state index contributed by atoms with van der Waals surface area (Å²) in [5.41, 5.74) is 1.29. The smallest absolute Gasteiger partial charge is 0.209 e. The Labute approximate surface area is 117 Å². The summed E-state index contributed by atoms with van der Waals surface area (Å²) in [4.78, 5) is 0. The highest BCUT2D eigenvalue weighted by Crippen LogP contribution is 2.19. The van der Waals surface area contributed by atoms with Crippen molar-refractivity contribution >= 4 is 11.8 Å². The minimum Gasteiger partial charge on any atom is -0.486 e. The third-order valence-electron chi connectivity index (χ3n) is 2.83. The van der Waals surface area contributed by atoms with Gasteiger partial charge in [0, 0.05) is 0 Å². The van der Waals surface area contributed by atoms with E-state index in [0.717, 1.165) is 5.75 Å². The molecule has 102 valence electrons. The molecule has 6 heteroatoms. The van der Waals surface area contributed by atoms with E-state index in [4.69, 9.17) is 10.6 Å². The average Bonchev–Trinajstić information content (AvgIpc) is 2.77. The quantitative estimate of drug-likeness (QED) is 0.672. The van der Waals surface area contributed by atoms with Gasteiger partial charge in [-0.3, -0.25) is 0 Å². The first kappa shape index (κ1) is 13.7. The third-order valence-corrected chi connectivity index (χ3v) is 3.48. The summed E-state index contributed by atoms with van der Waals surface area (Å²) in [5, 5.41) is 8.62. The fourth-order valence-electron chi connectivity index (χ4n) is 1.64. The van der Waals surface area contributed by atoms with Crippen molar-refractivity contribution in [3.05, 3.63) is 35.7 Å². The summed E-state index contributed by atoms with van der Waals surface area (Å²) < 4.78 is 7.10. The molecule has 2 N–H and O–H groups in total. The number of nitrogens with two attached hydrogens (primary N) is 1. The van der Waals surface area contributed by atoms with Gasteiger partial charge in [-0.15, -0.1) is 10.2 Å². The van der Waals surface area contributed by atoms with E-state index < -0.39 is 0 Å². The van der Waals surface area contributed by atoms with E-state index in [1.807, 2.05) is 18.4 Å². The lowest BCUT2D eigenvalue weighted by molar-refractivity contribution is 0.291. The van der Waals surface area contributed by atoms with Crippen LogP contribution in [0, 0.1) is 0 Å². The molecule has 0 bridgehead atoms. The van der Waals surface area contributed by atoms with Gasteiger partial charge in [-0.2, -0.15) is 0 Å². The molecule has 0 fully saturated rings. The van der Waals surface area contributed by atoms with Crippen LogP contribution in [-0.2, 0) is 6.61 Å². The molecule has 0 saturated carbocycles. The summed E-state index contributed by atoms with van der Waals surface area (Å²) in [5.74, 6) is 7.76. The highest BCUT2D eigenvalue weighted by Gasteiger charge is 2.09. The van der Waals surface area contributed by atoms with Crippen LogP contribution in [0.1, 0.15) is 31.2 Å². The largest absolute Gasteiger partial charge is 0.486 e. The number of benzene rings is 1. The first-order valence-electron chi connectivity index (χ1n) is 6.08. The van der Waals surface area contributed by atoms with Crippen LogP contribution in [0.2, 0.25) is 0 Å².